The van der Waals surface area contributed by atoms with Crippen molar-refractivity contribution >= 4 is 5.91 Å². The number of hydrogen-bond donors (Lipinski definition) is 4. The van der Waals surface area contributed by atoms with Gasteiger partial charge in [0.25, 0.3) is 0 Å². The molecule has 0 spiro atoms. The first-order chi connectivity index (χ1) is 13.5. The predicted molar refractivity (Wildman–Crippen MR) is 104 cm³/mol. The lowest BCUT2D eigenvalue weighted by molar-refractivity contribution is -0.131. The molecule has 7 nitrogen and oxygen atoms in total. The number of aryl methyl sites for hydroxylation is 1. The van der Waals surface area contributed by atoms with E-state index in [0.29, 0.717) is 5.75 Å². The van der Waals surface area contributed by atoms with Gasteiger partial charge in [0.15, 0.2) is 0 Å². The van der Waals surface area contributed by atoms with Gasteiger partial charge in [0.2, 0.25) is 5.91 Å². The SMILES string of the molecule is COc1cccc(C2C3C(NNC3c3cc(C)ccc3O)C(=O)N2CCO)c1. The number of methoxy groups -OCH3 is 1. The van der Waals surface area contributed by atoms with Crippen LogP contribution in [0.15, 0.2) is 42.5 Å². The van der Waals surface area contributed by atoms with Crippen molar-refractivity contribution < 1.29 is 19.7 Å². The largest absolute Gasteiger partial charge is 0.508 e. The van der Waals surface area contributed by atoms with Crippen LogP contribution in [0.2, 0.25) is 0 Å². The number of nitrogens with zero attached hydrogens (tertiary/aromatic N) is 1. The zero-order chi connectivity index (χ0) is 19.8. The molecule has 0 saturated carbocycles. The Balaban J connectivity index is 1.80. The molecule has 4 atom stereocenters. The highest BCUT2D eigenvalue weighted by atomic mass is 16.5. The lowest BCUT2D eigenvalue weighted by Gasteiger charge is -2.31. The fourth-order valence-corrected chi connectivity index (χ4v) is 4.47. The van der Waals surface area contributed by atoms with E-state index in [4.69, 9.17) is 4.74 Å². The third-order valence-electron chi connectivity index (χ3n) is 5.71. The Morgan fingerprint density at radius 2 is 1.93 bits per heavy atom. The Bertz CT molecular complexity index is 888. The van der Waals surface area contributed by atoms with Gasteiger partial charge in [-0.2, -0.15) is 0 Å². The average molecular weight is 383 g/mol. The number of β-amino-alcohol motifs (C(OH)–C–C–N with tert-alkyl or cyclic N) is 1. The minimum atomic E-state index is -0.437. The van der Waals surface area contributed by atoms with Gasteiger partial charge in [0.1, 0.15) is 17.5 Å². The van der Waals surface area contributed by atoms with Crippen LogP contribution in [0.4, 0.5) is 0 Å². The van der Waals surface area contributed by atoms with E-state index in [-0.39, 0.29) is 42.8 Å². The summed E-state index contributed by atoms with van der Waals surface area (Å²) >= 11 is 0. The maximum Gasteiger partial charge on any atom is 0.242 e. The highest BCUT2D eigenvalue weighted by molar-refractivity contribution is 5.86. The zero-order valence-corrected chi connectivity index (χ0v) is 15.9. The summed E-state index contributed by atoms with van der Waals surface area (Å²) in [6.07, 6.45) is 0. The number of carbonyl (C=O) groups excluding carboxylic acids is 1. The van der Waals surface area contributed by atoms with Crippen LogP contribution >= 0.6 is 0 Å². The van der Waals surface area contributed by atoms with Crippen LogP contribution in [-0.4, -0.2) is 47.3 Å². The highest BCUT2D eigenvalue weighted by Gasteiger charge is 2.55. The molecule has 2 aliphatic rings. The third-order valence-corrected chi connectivity index (χ3v) is 5.71. The molecule has 0 aromatic heterocycles. The summed E-state index contributed by atoms with van der Waals surface area (Å²) < 4.78 is 5.37. The highest BCUT2D eigenvalue weighted by Crippen LogP contribution is 2.48. The Morgan fingerprint density at radius 3 is 2.68 bits per heavy atom. The second-order valence-electron chi connectivity index (χ2n) is 7.36. The van der Waals surface area contributed by atoms with E-state index >= 15 is 0 Å². The smallest absolute Gasteiger partial charge is 0.242 e. The van der Waals surface area contributed by atoms with Gasteiger partial charge >= 0.3 is 0 Å². The molecular formula is C21H25N3O4. The van der Waals surface area contributed by atoms with Crippen LogP contribution in [0.1, 0.15) is 28.8 Å². The molecule has 2 aromatic rings. The van der Waals surface area contributed by atoms with Gasteiger partial charge < -0.3 is 19.8 Å². The summed E-state index contributed by atoms with van der Waals surface area (Å²) in [5, 5.41) is 20.0. The van der Waals surface area contributed by atoms with Crippen LogP contribution in [0.3, 0.4) is 0 Å². The second kappa shape index (κ2) is 7.43. The summed E-state index contributed by atoms with van der Waals surface area (Å²) in [5.74, 6) is 0.696. The third kappa shape index (κ3) is 3.01. The molecule has 4 rings (SSSR count). The number of hydrogen-bond acceptors (Lipinski definition) is 6. The number of nitrogens with one attached hydrogen (secondary N) is 2. The number of benzene rings is 2. The molecule has 4 N–H and O–H groups in total. The standard InChI is InChI=1S/C21H25N3O4/c1-12-6-7-16(26)15(10-12)18-17-19(23-22-18)21(27)24(8-9-25)20(17)13-4-3-5-14(11-13)28-2/h3-7,10-11,17-20,22-23,25-26H,8-9H2,1-2H3. The minimum absolute atomic E-state index is 0.0611. The predicted octanol–water partition coefficient (Wildman–Crippen LogP) is 1.42. The van der Waals surface area contributed by atoms with Gasteiger partial charge in [0, 0.05) is 18.0 Å². The summed E-state index contributed by atoms with van der Waals surface area (Å²) in [6, 6.07) is 12.2. The van der Waals surface area contributed by atoms with E-state index in [1.54, 1.807) is 18.1 Å². The second-order valence-corrected chi connectivity index (χ2v) is 7.36. The monoisotopic (exact) mass is 383 g/mol. The van der Waals surface area contributed by atoms with Crippen molar-refractivity contribution in [1.29, 1.82) is 0 Å². The fraction of sp³-hybridized carbons (Fsp3) is 0.381. The van der Waals surface area contributed by atoms with E-state index < -0.39 is 6.04 Å². The number of phenols is 1. The Labute approximate surface area is 163 Å². The van der Waals surface area contributed by atoms with Gasteiger partial charge in [0.05, 0.1) is 25.8 Å². The molecule has 2 saturated heterocycles. The maximum atomic E-state index is 13.1. The van der Waals surface area contributed by atoms with Crippen molar-refractivity contribution in [3.05, 3.63) is 59.2 Å². The normalized spacial score (nSPS) is 26.5. The quantitative estimate of drug-likeness (QED) is 0.624. The van der Waals surface area contributed by atoms with E-state index in [2.05, 4.69) is 10.9 Å². The molecule has 2 fully saturated rings. The molecule has 7 heteroatoms. The van der Waals surface area contributed by atoms with E-state index in [1.807, 2.05) is 43.3 Å². The summed E-state index contributed by atoms with van der Waals surface area (Å²) in [5.41, 5.74) is 9.06. The number of rotatable bonds is 5. The number of amides is 1. The van der Waals surface area contributed by atoms with Gasteiger partial charge in [-0.1, -0.05) is 29.8 Å². The fourth-order valence-electron chi connectivity index (χ4n) is 4.47. The van der Waals surface area contributed by atoms with E-state index in [9.17, 15) is 15.0 Å². The van der Waals surface area contributed by atoms with Gasteiger partial charge in [-0.05, 0) is 30.7 Å². The Kier molecular flexibility index (Phi) is 4.97. The molecule has 0 bridgehead atoms. The van der Waals surface area contributed by atoms with Crippen molar-refractivity contribution in [3.8, 4) is 11.5 Å². The number of carbonyl (C=O) groups is 1. The summed E-state index contributed by atoms with van der Waals surface area (Å²) in [4.78, 5) is 14.8. The number of ether oxygens (including phenoxy) is 1. The van der Waals surface area contributed by atoms with Crippen LogP contribution in [-0.2, 0) is 4.79 Å². The molecule has 148 valence electrons. The zero-order valence-electron chi connectivity index (χ0n) is 15.9. The van der Waals surface area contributed by atoms with Crippen molar-refractivity contribution in [1.82, 2.24) is 15.8 Å². The number of aliphatic hydroxyl groups excluding tert-OH is 1. The van der Waals surface area contributed by atoms with Crippen LogP contribution in [0.5, 0.6) is 11.5 Å². The molecule has 2 heterocycles. The molecule has 2 aliphatic heterocycles. The minimum Gasteiger partial charge on any atom is -0.508 e. The van der Waals surface area contributed by atoms with E-state index in [1.165, 1.54) is 0 Å². The molecule has 4 unspecified atom stereocenters. The van der Waals surface area contributed by atoms with Crippen molar-refractivity contribution in [2.75, 3.05) is 20.3 Å². The van der Waals surface area contributed by atoms with Gasteiger partial charge in [-0.3, -0.25) is 4.79 Å². The molecule has 28 heavy (non-hydrogen) atoms. The average Bonchev–Trinajstić information content (AvgIpc) is 3.24. The lowest BCUT2D eigenvalue weighted by Crippen LogP contribution is -2.42. The number of hydrazine groups is 1. The molecule has 0 radical (unpaired) electrons. The van der Waals surface area contributed by atoms with Crippen molar-refractivity contribution in [2.24, 2.45) is 5.92 Å². The first-order valence-electron chi connectivity index (χ1n) is 9.41. The maximum absolute atomic E-state index is 13.1. The summed E-state index contributed by atoms with van der Waals surface area (Å²) in [7, 11) is 1.61. The first-order valence-corrected chi connectivity index (χ1v) is 9.41. The molecule has 0 aliphatic carbocycles. The van der Waals surface area contributed by atoms with Gasteiger partial charge in [-0.15, -0.1) is 0 Å². The topological polar surface area (TPSA) is 94.1 Å². The van der Waals surface area contributed by atoms with Gasteiger partial charge in [-0.25, -0.2) is 10.9 Å². The molecule has 1 amide bonds. The number of fused-ring (bicyclic) bond motifs is 1. The Hall–Kier alpha value is -2.61. The number of aliphatic hydroxyl groups is 1. The molecule has 2 aromatic carbocycles. The van der Waals surface area contributed by atoms with Crippen LogP contribution < -0.4 is 15.6 Å². The number of aromatic hydroxyl groups is 1. The first kappa shape index (κ1) is 18.7. The summed E-state index contributed by atoms with van der Waals surface area (Å²) in [6.45, 7) is 2.11. The van der Waals surface area contributed by atoms with Crippen molar-refractivity contribution in [3.63, 3.8) is 0 Å². The lowest BCUT2D eigenvalue weighted by atomic mass is 9.82. The van der Waals surface area contributed by atoms with E-state index in [0.717, 1.165) is 16.7 Å². The number of phenolic OH excluding ortho intramolecular Hbond substituents is 1. The molecular weight excluding hydrogens is 358 g/mol. The van der Waals surface area contributed by atoms with Crippen molar-refractivity contribution in [2.45, 2.75) is 25.0 Å². The Morgan fingerprint density at radius 1 is 1.14 bits per heavy atom. The number of likely N-dealkylation sites (tertiary alicyclic amines) is 1. The van der Waals surface area contributed by atoms with Crippen LogP contribution in [0.25, 0.3) is 0 Å². The van der Waals surface area contributed by atoms with Crippen LogP contribution in [0, 0.1) is 12.8 Å².